The summed E-state index contributed by atoms with van der Waals surface area (Å²) in [6, 6.07) is 4.96. The van der Waals surface area contributed by atoms with Crippen molar-refractivity contribution in [2.24, 2.45) is 0 Å². The largest absolute Gasteiger partial charge is 0.507 e. The molecule has 0 radical (unpaired) electrons. The van der Waals surface area contributed by atoms with E-state index in [0.29, 0.717) is 18.3 Å². The lowest BCUT2D eigenvalue weighted by atomic mass is 10.1. The number of aldehydes is 1. The second-order valence-electron chi connectivity index (χ2n) is 2.82. The van der Waals surface area contributed by atoms with E-state index in [-0.39, 0.29) is 5.75 Å². The molecule has 0 atom stereocenters. The predicted molar refractivity (Wildman–Crippen MR) is 53.3 cm³/mol. The van der Waals surface area contributed by atoms with E-state index in [1.807, 2.05) is 6.08 Å². The quantitative estimate of drug-likeness (QED) is 0.585. The lowest BCUT2D eigenvalue weighted by Crippen LogP contribution is -1.85. The predicted octanol–water partition coefficient (Wildman–Crippen LogP) is 1.91. The van der Waals surface area contributed by atoms with Crippen LogP contribution in [0.5, 0.6) is 5.75 Å². The topological polar surface area (TPSA) is 46.5 Å². The number of aromatic hydroxyl groups is 1. The van der Waals surface area contributed by atoms with E-state index in [1.165, 1.54) is 0 Å². The molecule has 1 rings (SSSR count). The molecule has 0 aliphatic heterocycles. The standard InChI is InChI=1S/C11H12O3/c1-14-6-2-3-9-4-5-10(8-12)11(13)7-9/h2,4-8,13H,3H2,1H3. The van der Waals surface area contributed by atoms with Gasteiger partial charge in [0.1, 0.15) is 5.75 Å². The number of methoxy groups -OCH3 is 1. The second-order valence-corrected chi connectivity index (χ2v) is 2.82. The van der Waals surface area contributed by atoms with Gasteiger partial charge in [-0.05, 0) is 30.2 Å². The summed E-state index contributed by atoms with van der Waals surface area (Å²) in [7, 11) is 1.57. The molecule has 0 spiro atoms. The van der Waals surface area contributed by atoms with Gasteiger partial charge in [-0.25, -0.2) is 0 Å². The summed E-state index contributed by atoms with van der Waals surface area (Å²) < 4.78 is 4.74. The maximum absolute atomic E-state index is 10.4. The number of allylic oxidation sites excluding steroid dienone is 1. The van der Waals surface area contributed by atoms with Gasteiger partial charge in [0.2, 0.25) is 0 Å². The van der Waals surface area contributed by atoms with Crippen molar-refractivity contribution >= 4 is 6.29 Å². The molecule has 0 bridgehead atoms. The number of carbonyl (C=O) groups is 1. The minimum atomic E-state index is 0.0170. The number of hydrogen-bond donors (Lipinski definition) is 1. The average Bonchev–Trinajstić information content (AvgIpc) is 2.18. The van der Waals surface area contributed by atoms with Gasteiger partial charge in [-0.2, -0.15) is 0 Å². The Kier molecular flexibility index (Phi) is 3.73. The van der Waals surface area contributed by atoms with Crippen LogP contribution in [-0.2, 0) is 11.2 Å². The minimum Gasteiger partial charge on any atom is -0.507 e. The molecule has 0 aromatic heterocycles. The van der Waals surface area contributed by atoms with Gasteiger partial charge >= 0.3 is 0 Å². The second kappa shape index (κ2) is 5.07. The van der Waals surface area contributed by atoms with Crippen LogP contribution in [0.25, 0.3) is 0 Å². The first-order chi connectivity index (χ1) is 6.77. The Bertz CT molecular complexity index is 342. The smallest absolute Gasteiger partial charge is 0.153 e. The zero-order valence-corrected chi connectivity index (χ0v) is 7.93. The molecule has 0 aliphatic carbocycles. The summed E-state index contributed by atoms with van der Waals surface area (Å²) in [5.74, 6) is 0.0170. The molecule has 3 heteroatoms. The fourth-order valence-electron chi connectivity index (χ4n) is 1.10. The molecule has 0 saturated carbocycles. The molecule has 0 heterocycles. The maximum atomic E-state index is 10.4. The zero-order chi connectivity index (χ0) is 10.4. The number of hydrogen-bond acceptors (Lipinski definition) is 3. The lowest BCUT2D eigenvalue weighted by molar-refractivity contribution is 0.112. The molecule has 0 amide bonds. The van der Waals surface area contributed by atoms with Crippen LogP contribution in [0, 0.1) is 0 Å². The third kappa shape index (κ3) is 2.62. The fraction of sp³-hybridized carbons (Fsp3) is 0.182. The van der Waals surface area contributed by atoms with E-state index in [4.69, 9.17) is 4.74 Å². The van der Waals surface area contributed by atoms with Crippen molar-refractivity contribution in [1.29, 1.82) is 0 Å². The van der Waals surface area contributed by atoms with Crippen molar-refractivity contribution in [1.82, 2.24) is 0 Å². The molecule has 0 unspecified atom stereocenters. The Morgan fingerprint density at radius 1 is 1.50 bits per heavy atom. The number of rotatable bonds is 4. The van der Waals surface area contributed by atoms with Gasteiger partial charge in [-0.3, -0.25) is 4.79 Å². The van der Waals surface area contributed by atoms with E-state index < -0.39 is 0 Å². The first kappa shape index (κ1) is 10.3. The summed E-state index contributed by atoms with van der Waals surface area (Å²) in [6.07, 6.45) is 4.70. The van der Waals surface area contributed by atoms with Gasteiger partial charge < -0.3 is 9.84 Å². The summed E-state index contributed by atoms with van der Waals surface area (Å²) in [6.45, 7) is 0. The monoisotopic (exact) mass is 192 g/mol. The van der Waals surface area contributed by atoms with Gasteiger partial charge in [0, 0.05) is 0 Å². The Morgan fingerprint density at radius 2 is 2.29 bits per heavy atom. The third-order valence-electron chi connectivity index (χ3n) is 1.81. The van der Waals surface area contributed by atoms with Crippen molar-refractivity contribution in [3.8, 4) is 5.75 Å². The van der Waals surface area contributed by atoms with Gasteiger partial charge in [0.15, 0.2) is 6.29 Å². The highest BCUT2D eigenvalue weighted by Gasteiger charge is 1.99. The van der Waals surface area contributed by atoms with E-state index >= 15 is 0 Å². The summed E-state index contributed by atoms with van der Waals surface area (Å²) in [4.78, 5) is 10.4. The molecule has 74 valence electrons. The molecule has 0 aliphatic rings. The number of ether oxygens (including phenoxy) is 1. The van der Waals surface area contributed by atoms with Crippen LogP contribution in [0.15, 0.2) is 30.5 Å². The van der Waals surface area contributed by atoms with E-state index in [0.717, 1.165) is 5.56 Å². The molecule has 0 saturated heterocycles. The van der Waals surface area contributed by atoms with Gasteiger partial charge in [0.05, 0.1) is 18.9 Å². The molecular formula is C11H12O3. The lowest BCUT2D eigenvalue weighted by Gasteiger charge is -2.00. The summed E-state index contributed by atoms with van der Waals surface area (Å²) >= 11 is 0. The van der Waals surface area contributed by atoms with E-state index in [1.54, 1.807) is 31.6 Å². The molecule has 14 heavy (non-hydrogen) atoms. The SMILES string of the molecule is COC=CCc1ccc(C=O)c(O)c1. The average molecular weight is 192 g/mol. The number of phenolic OH excluding ortho intramolecular Hbond substituents is 1. The zero-order valence-electron chi connectivity index (χ0n) is 7.93. The van der Waals surface area contributed by atoms with Crippen molar-refractivity contribution in [2.45, 2.75) is 6.42 Å². The highest BCUT2D eigenvalue weighted by Crippen LogP contribution is 2.17. The minimum absolute atomic E-state index is 0.0170. The van der Waals surface area contributed by atoms with Crippen molar-refractivity contribution < 1.29 is 14.6 Å². The van der Waals surface area contributed by atoms with Crippen LogP contribution in [0.4, 0.5) is 0 Å². The van der Waals surface area contributed by atoms with Crippen LogP contribution in [0.2, 0.25) is 0 Å². The van der Waals surface area contributed by atoms with Gasteiger partial charge in [-0.1, -0.05) is 6.07 Å². The molecule has 1 N–H and O–H groups in total. The Hall–Kier alpha value is -1.77. The number of benzene rings is 1. The first-order valence-corrected chi connectivity index (χ1v) is 4.23. The highest BCUT2D eigenvalue weighted by molar-refractivity contribution is 5.79. The van der Waals surface area contributed by atoms with Gasteiger partial charge in [0.25, 0.3) is 0 Å². The highest BCUT2D eigenvalue weighted by atomic mass is 16.5. The summed E-state index contributed by atoms with van der Waals surface area (Å²) in [5.41, 5.74) is 1.24. The number of phenols is 1. The van der Waals surface area contributed by atoms with Crippen LogP contribution in [-0.4, -0.2) is 18.5 Å². The Labute approximate surface area is 82.6 Å². The molecular weight excluding hydrogens is 180 g/mol. The van der Waals surface area contributed by atoms with Crippen molar-refractivity contribution in [3.63, 3.8) is 0 Å². The van der Waals surface area contributed by atoms with Crippen LogP contribution in [0.1, 0.15) is 15.9 Å². The van der Waals surface area contributed by atoms with E-state index in [2.05, 4.69) is 0 Å². The van der Waals surface area contributed by atoms with Crippen molar-refractivity contribution in [2.75, 3.05) is 7.11 Å². The first-order valence-electron chi connectivity index (χ1n) is 4.23. The van der Waals surface area contributed by atoms with Crippen LogP contribution < -0.4 is 0 Å². The normalized spacial score (nSPS) is 10.4. The molecule has 3 nitrogen and oxygen atoms in total. The maximum Gasteiger partial charge on any atom is 0.153 e. The Balaban J connectivity index is 2.76. The fourth-order valence-corrected chi connectivity index (χ4v) is 1.10. The molecule has 1 aromatic carbocycles. The molecule has 0 fully saturated rings. The summed E-state index contributed by atoms with van der Waals surface area (Å²) in [5, 5.41) is 9.36. The Morgan fingerprint density at radius 3 is 2.86 bits per heavy atom. The third-order valence-corrected chi connectivity index (χ3v) is 1.81. The van der Waals surface area contributed by atoms with Crippen LogP contribution >= 0.6 is 0 Å². The van der Waals surface area contributed by atoms with Crippen LogP contribution in [0.3, 0.4) is 0 Å². The number of carbonyl (C=O) groups excluding carboxylic acids is 1. The van der Waals surface area contributed by atoms with Gasteiger partial charge in [-0.15, -0.1) is 0 Å². The molecule has 1 aromatic rings. The van der Waals surface area contributed by atoms with Crippen molar-refractivity contribution in [3.05, 3.63) is 41.7 Å². The van der Waals surface area contributed by atoms with E-state index in [9.17, 15) is 9.90 Å².